The monoisotopic (exact) mass is 416 g/mol. The van der Waals surface area contributed by atoms with Gasteiger partial charge in [-0.1, -0.05) is 38.1 Å². The second kappa shape index (κ2) is 11.1. The van der Waals surface area contributed by atoms with Crippen molar-refractivity contribution in [2.24, 2.45) is 11.7 Å². The minimum Gasteiger partial charge on any atom is -0.355 e. The summed E-state index contributed by atoms with van der Waals surface area (Å²) >= 11 is 1.64. The summed E-state index contributed by atoms with van der Waals surface area (Å²) in [5.74, 6) is 0.361. The van der Waals surface area contributed by atoms with Gasteiger partial charge in [0.2, 0.25) is 12.3 Å². The number of nitrogens with zero attached hydrogens (tertiary/aromatic N) is 2. The van der Waals surface area contributed by atoms with Gasteiger partial charge in [0.05, 0.1) is 22.1 Å². The van der Waals surface area contributed by atoms with Gasteiger partial charge >= 0.3 is 0 Å². The van der Waals surface area contributed by atoms with Crippen LogP contribution in [0.25, 0.3) is 10.4 Å². The van der Waals surface area contributed by atoms with Gasteiger partial charge in [-0.05, 0) is 43.7 Å². The Morgan fingerprint density at radius 2 is 2.07 bits per heavy atom. The van der Waals surface area contributed by atoms with Crippen LogP contribution in [0.1, 0.15) is 44.9 Å². The average molecular weight is 417 g/mol. The van der Waals surface area contributed by atoms with Crippen molar-refractivity contribution in [3.63, 3.8) is 0 Å². The minimum atomic E-state index is -0.319. The Balaban J connectivity index is 0.000000212. The molecule has 2 unspecified atom stereocenters. The molecule has 1 aliphatic rings. The van der Waals surface area contributed by atoms with Crippen LogP contribution in [0.2, 0.25) is 0 Å². The highest BCUT2D eigenvalue weighted by atomic mass is 32.1. The fourth-order valence-electron chi connectivity index (χ4n) is 3.25. The average Bonchev–Trinajstić information content (AvgIpc) is 3.34. The Labute approximate surface area is 177 Å². The van der Waals surface area contributed by atoms with E-state index in [9.17, 15) is 9.59 Å². The lowest BCUT2D eigenvalue weighted by atomic mass is 10.0. The molecule has 158 valence electrons. The smallest absolute Gasteiger partial charge is 0.239 e. The summed E-state index contributed by atoms with van der Waals surface area (Å²) in [6, 6.07) is 8.22. The Hall–Kier alpha value is -2.25. The van der Waals surface area contributed by atoms with Crippen LogP contribution < -0.4 is 11.1 Å². The number of rotatable bonds is 6. The standard InChI is InChI=1S/C12H12N2OS.C10H20N2O/c1-9-12(16-8-14-9)11-4-2-10(3-5-11)6-13-7-15;1-7(2)9(11)10(13)12-6-4-5-8(12)3/h2-5,7-8H,6H2,1H3,(H,13,15);7-9H,4-6,11H2,1-3H3. The van der Waals surface area contributed by atoms with Gasteiger partial charge < -0.3 is 16.0 Å². The van der Waals surface area contributed by atoms with E-state index < -0.39 is 0 Å². The first-order valence-corrected chi connectivity index (χ1v) is 11.0. The van der Waals surface area contributed by atoms with Crippen molar-refractivity contribution >= 4 is 23.7 Å². The first kappa shape index (κ1) is 23.0. The predicted molar refractivity (Wildman–Crippen MR) is 118 cm³/mol. The van der Waals surface area contributed by atoms with Gasteiger partial charge in [-0.25, -0.2) is 4.98 Å². The number of thiazole rings is 1. The summed E-state index contributed by atoms with van der Waals surface area (Å²) in [5.41, 5.74) is 11.0. The van der Waals surface area contributed by atoms with Gasteiger partial charge in [0, 0.05) is 19.1 Å². The normalized spacial score (nSPS) is 16.9. The van der Waals surface area contributed by atoms with Crippen molar-refractivity contribution in [2.45, 2.75) is 59.2 Å². The maximum atomic E-state index is 11.8. The molecule has 1 aromatic carbocycles. The summed E-state index contributed by atoms with van der Waals surface area (Å²) in [4.78, 5) is 29.3. The molecular formula is C22H32N4O2S. The van der Waals surface area contributed by atoms with E-state index in [2.05, 4.69) is 29.4 Å². The molecule has 3 N–H and O–H groups in total. The zero-order valence-electron chi connectivity index (χ0n) is 17.7. The van der Waals surface area contributed by atoms with Gasteiger partial charge in [-0.15, -0.1) is 11.3 Å². The molecule has 2 aromatic rings. The third-order valence-corrected chi connectivity index (χ3v) is 6.17. The van der Waals surface area contributed by atoms with E-state index in [-0.39, 0.29) is 17.9 Å². The van der Waals surface area contributed by atoms with Crippen LogP contribution in [0.4, 0.5) is 0 Å². The summed E-state index contributed by atoms with van der Waals surface area (Å²) in [5, 5.41) is 2.64. The highest BCUT2D eigenvalue weighted by Crippen LogP contribution is 2.27. The van der Waals surface area contributed by atoms with Crippen LogP contribution >= 0.6 is 11.3 Å². The zero-order chi connectivity index (χ0) is 21.4. The van der Waals surface area contributed by atoms with Gasteiger partial charge in [0.1, 0.15) is 0 Å². The third-order valence-electron chi connectivity index (χ3n) is 5.19. The Bertz CT molecular complexity index is 788. The predicted octanol–water partition coefficient (Wildman–Crippen LogP) is 3.35. The number of hydrogen-bond donors (Lipinski definition) is 2. The van der Waals surface area contributed by atoms with Crippen LogP contribution in [-0.4, -0.2) is 40.8 Å². The quantitative estimate of drug-likeness (QED) is 0.707. The number of aryl methyl sites for hydroxylation is 1. The second-order valence-corrected chi connectivity index (χ2v) is 8.61. The molecule has 7 heteroatoms. The van der Waals surface area contributed by atoms with Gasteiger partial charge in [0.25, 0.3) is 0 Å². The largest absolute Gasteiger partial charge is 0.355 e. The second-order valence-electron chi connectivity index (χ2n) is 7.76. The molecule has 1 aliphatic heterocycles. The van der Waals surface area contributed by atoms with Crippen LogP contribution in [0.5, 0.6) is 0 Å². The maximum Gasteiger partial charge on any atom is 0.239 e. The summed E-state index contributed by atoms with van der Waals surface area (Å²) in [6.45, 7) is 9.55. The fraction of sp³-hybridized carbons (Fsp3) is 0.500. The Kier molecular flexibility index (Phi) is 8.79. The van der Waals surface area contributed by atoms with E-state index in [0.717, 1.165) is 30.6 Å². The molecular weight excluding hydrogens is 384 g/mol. The summed E-state index contributed by atoms with van der Waals surface area (Å²) in [6.07, 6.45) is 2.95. The summed E-state index contributed by atoms with van der Waals surface area (Å²) < 4.78 is 0. The SMILES string of the molecule is CC(C)C(N)C(=O)N1CCCC1C.Cc1ncsc1-c1ccc(CNC=O)cc1. The fourth-order valence-corrected chi connectivity index (χ4v) is 4.06. The van der Waals surface area contributed by atoms with E-state index in [4.69, 9.17) is 5.73 Å². The van der Waals surface area contributed by atoms with E-state index in [1.54, 1.807) is 11.3 Å². The van der Waals surface area contributed by atoms with Crippen LogP contribution in [0.15, 0.2) is 29.8 Å². The molecule has 3 rings (SSSR count). The number of likely N-dealkylation sites (tertiary alicyclic amines) is 1. The first-order chi connectivity index (χ1) is 13.8. The lowest BCUT2D eigenvalue weighted by molar-refractivity contribution is -0.134. The van der Waals surface area contributed by atoms with Crippen molar-refractivity contribution in [2.75, 3.05) is 6.54 Å². The molecule has 2 heterocycles. The molecule has 1 fully saturated rings. The molecule has 2 amide bonds. The van der Waals surface area contributed by atoms with E-state index in [0.29, 0.717) is 19.0 Å². The zero-order valence-corrected chi connectivity index (χ0v) is 18.5. The molecule has 1 aromatic heterocycles. The summed E-state index contributed by atoms with van der Waals surface area (Å²) in [7, 11) is 0. The number of benzene rings is 1. The number of amides is 2. The molecule has 29 heavy (non-hydrogen) atoms. The molecule has 0 bridgehead atoms. The van der Waals surface area contributed by atoms with E-state index >= 15 is 0 Å². The number of nitrogens with one attached hydrogen (secondary N) is 1. The number of nitrogens with two attached hydrogens (primary N) is 1. The molecule has 2 atom stereocenters. The Morgan fingerprint density at radius 3 is 2.55 bits per heavy atom. The maximum absolute atomic E-state index is 11.8. The molecule has 0 aliphatic carbocycles. The van der Waals surface area contributed by atoms with Gasteiger partial charge in [-0.3, -0.25) is 9.59 Å². The van der Waals surface area contributed by atoms with Crippen molar-refractivity contribution in [3.05, 3.63) is 41.0 Å². The van der Waals surface area contributed by atoms with Gasteiger partial charge in [0.15, 0.2) is 0 Å². The van der Waals surface area contributed by atoms with Crippen molar-refractivity contribution < 1.29 is 9.59 Å². The minimum absolute atomic E-state index is 0.125. The molecule has 0 radical (unpaired) electrons. The van der Waals surface area contributed by atoms with Gasteiger partial charge in [-0.2, -0.15) is 0 Å². The number of aromatic nitrogens is 1. The molecule has 1 saturated heterocycles. The highest BCUT2D eigenvalue weighted by Gasteiger charge is 2.29. The topological polar surface area (TPSA) is 88.3 Å². The van der Waals surface area contributed by atoms with Crippen LogP contribution in [0.3, 0.4) is 0 Å². The Morgan fingerprint density at radius 1 is 1.38 bits per heavy atom. The van der Waals surface area contributed by atoms with E-state index in [1.807, 2.05) is 43.3 Å². The van der Waals surface area contributed by atoms with Crippen molar-refractivity contribution in [3.8, 4) is 10.4 Å². The lowest BCUT2D eigenvalue weighted by Gasteiger charge is -2.26. The van der Waals surface area contributed by atoms with Crippen LogP contribution in [0, 0.1) is 12.8 Å². The highest BCUT2D eigenvalue weighted by molar-refractivity contribution is 7.13. The molecule has 6 nitrogen and oxygen atoms in total. The number of carbonyl (C=O) groups excluding carboxylic acids is 2. The third kappa shape index (κ3) is 6.37. The lowest BCUT2D eigenvalue weighted by Crippen LogP contribution is -2.47. The first-order valence-electron chi connectivity index (χ1n) is 10.1. The number of hydrogen-bond acceptors (Lipinski definition) is 5. The number of carbonyl (C=O) groups is 2. The molecule has 0 saturated carbocycles. The van der Waals surface area contributed by atoms with Crippen molar-refractivity contribution in [1.82, 2.24) is 15.2 Å². The van der Waals surface area contributed by atoms with E-state index in [1.165, 1.54) is 10.4 Å². The van der Waals surface area contributed by atoms with Crippen LogP contribution in [-0.2, 0) is 16.1 Å². The molecule has 0 spiro atoms. The van der Waals surface area contributed by atoms with Crippen molar-refractivity contribution in [1.29, 1.82) is 0 Å².